The maximum atomic E-state index is 12.5. The zero-order chi connectivity index (χ0) is 10.9. The van der Waals surface area contributed by atoms with Gasteiger partial charge in [-0.3, -0.25) is 0 Å². The minimum atomic E-state index is -5.19. The molecule has 1 aromatic rings. The number of halogens is 5. The predicted molar refractivity (Wildman–Crippen MR) is 51.7 cm³/mol. The number of benzene rings is 1. The van der Waals surface area contributed by atoms with E-state index in [1.807, 2.05) is 0 Å². The maximum absolute atomic E-state index is 12.5. The first-order valence-electron chi connectivity index (χ1n) is 3.59. The molecule has 0 aliphatic heterocycles. The summed E-state index contributed by atoms with van der Waals surface area (Å²) in [6, 6.07) is 2.12. The molecule has 0 N–H and O–H groups in total. The number of hydrogen-bond donors (Lipinski definition) is 0. The van der Waals surface area contributed by atoms with Crippen molar-refractivity contribution in [2.75, 3.05) is 7.11 Å². The maximum Gasteiger partial charge on any atom is 1.00 e. The van der Waals surface area contributed by atoms with Crippen molar-refractivity contribution >= 4 is 35.6 Å². The second kappa shape index (κ2) is 6.14. The Morgan fingerprint density at radius 1 is 1.20 bits per heavy atom. The van der Waals surface area contributed by atoms with Crippen LogP contribution in [0.5, 0.6) is 5.75 Å². The molecule has 15 heavy (non-hydrogen) atoms. The molecule has 0 aromatic heterocycles. The van der Waals surface area contributed by atoms with Gasteiger partial charge in [0.2, 0.25) is 0 Å². The topological polar surface area (TPSA) is 9.23 Å². The molecule has 1 rings (SSSR count). The van der Waals surface area contributed by atoms with Crippen molar-refractivity contribution in [3.05, 3.63) is 22.2 Å². The number of hydrogen-bond acceptors (Lipinski definition) is 1. The summed E-state index contributed by atoms with van der Waals surface area (Å²) >= 11 is 11.0. The molecule has 0 aliphatic rings. The quantitative estimate of drug-likeness (QED) is 0.697. The van der Waals surface area contributed by atoms with E-state index >= 15 is 0 Å². The average molecular weight is 283 g/mol. The van der Waals surface area contributed by atoms with E-state index in [9.17, 15) is 12.9 Å². The van der Waals surface area contributed by atoms with E-state index in [0.29, 0.717) is 0 Å². The summed E-state index contributed by atoms with van der Waals surface area (Å²) in [7, 11) is 1.13. The van der Waals surface area contributed by atoms with Crippen LogP contribution < -0.4 is 61.6 Å². The van der Waals surface area contributed by atoms with Gasteiger partial charge in [-0.1, -0.05) is 23.2 Å². The third kappa shape index (κ3) is 4.11. The van der Waals surface area contributed by atoms with Crippen molar-refractivity contribution in [1.82, 2.24) is 0 Å². The van der Waals surface area contributed by atoms with Crippen LogP contribution in [-0.2, 0) is 0 Å². The van der Waals surface area contributed by atoms with Crippen LogP contribution >= 0.6 is 23.2 Å². The SMILES string of the molecule is COc1cc(Cl)cc(Cl)c1[B-](F)(F)F.[K+]. The van der Waals surface area contributed by atoms with Crippen LogP contribution in [-0.4, -0.2) is 14.1 Å². The fourth-order valence-corrected chi connectivity index (χ4v) is 1.65. The van der Waals surface area contributed by atoms with Crippen molar-refractivity contribution in [2.24, 2.45) is 0 Å². The molecule has 0 heterocycles. The molecule has 0 saturated heterocycles. The molecule has 0 unspecified atom stereocenters. The fraction of sp³-hybridized carbons (Fsp3) is 0.143. The molecule has 0 aliphatic carbocycles. The monoisotopic (exact) mass is 282 g/mol. The van der Waals surface area contributed by atoms with Gasteiger partial charge in [-0.25, -0.2) is 0 Å². The van der Waals surface area contributed by atoms with Crippen LogP contribution in [0.1, 0.15) is 0 Å². The van der Waals surface area contributed by atoms with Gasteiger partial charge in [0.05, 0.1) is 12.9 Å². The van der Waals surface area contributed by atoms with Gasteiger partial charge in [0, 0.05) is 10.0 Å². The van der Waals surface area contributed by atoms with E-state index in [0.717, 1.165) is 19.2 Å². The minimum absolute atomic E-state index is 0. The zero-order valence-corrected chi connectivity index (χ0v) is 12.7. The van der Waals surface area contributed by atoms with Gasteiger partial charge >= 0.3 is 58.4 Å². The van der Waals surface area contributed by atoms with Crippen LogP contribution in [0.4, 0.5) is 12.9 Å². The van der Waals surface area contributed by atoms with E-state index in [-0.39, 0.29) is 62.2 Å². The van der Waals surface area contributed by atoms with Gasteiger partial charge < -0.3 is 17.7 Å². The molecule has 0 bridgehead atoms. The van der Waals surface area contributed by atoms with Crippen LogP contribution in [0.2, 0.25) is 10.0 Å². The Labute approximate surface area is 138 Å². The van der Waals surface area contributed by atoms with Gasteiger partial charge in [0.25, 0.3) is 0 Å². The smallest absolute Gasteiger partial charge is 0.500 e. The molecule has 78 valence electrons. The van der Waals surface area contributed by atoms with E-state index in [1.165, 1.54) is 0 Å². The summed E-state index contributed by atoms with van der Waals surface area (Å²) in [5.74, 6) is -0.352. The Morgan fingerprint density at radius 3 is 2.13 bits per heavy atom. The van der Waals surface area contributed by atoms with E-state index in [4.69, 9.17) is 23.2 Å². The van der Waals surface area contributed by atoms with Gasteiger partial charge in [-0.05, 0) is 17.6 Å². The first kappa shape index (κ1) is 16.1. The Hall–Kier alpha value is 1.09. The van der Waals surface area contributed by atoms with Crippen LogP contribution in [0.15, 0.2) is 12.1 Å². The standard InChI is InChI=1S/C7H5BCl2F3O.K/c1-14-6-3-4(9)2-5(10)7(6)8(11,12)13;/h2-3H,1H3;/q-1;+1. The molecule has 1 nitrogen and oxygen atoms in total. The summed E-state index contributed by atoms with van der Waals surface area (Å²) in [5.41, 5.74) is -0.946. The van der Waals surface area contributed by atoms with Crippen LogP contribution in [0.3, 0.4) is 0 Å². The van der Waals surface area contributed by atoms with Crippen LogP contribution in [0, 0.1) is 0 Å². The minimum Gasteiger partial charge on any atom is -0.500 e. The Morgan fingerprint density at radius 2 is 1.73 bits per heavy atom. The Balaban J connectivity index is 0.00000196. The summed E-state index contributed by atoms with van der Waals surface area (Å²) in [6.07, 6.45) is 0. The largest absolute Gasteiger partial charge is 1.00 e. The van der Waals surface area contributed by atoms with Gasteiger partial charge in [0.1, 0.15) is 0 Å². The first-order valence-corrected chi connectivity index (χ1v) is 4.34. The molecule has 0 amide bonds. The third-order valence-electron chi connectivity index (χ3n) is 1.60. The van der Waals surface area contributed by atoms with E-state index < -0.39 is 17.5 Å². The second-order valence-corrected chi connectivity index (χ2v) is 3.42. The Kier molecular flexibility index (Phi) is 6.59. The van der Waals surface area contributed by atoms with Crippen molar-refractivity contribution in [3.8, 4) is 5.75 Å². The molecule has 8 heteroatoms. The first-order chi connectivity index (χ1) is 6.36. The second-order valence-electron chi connectivity index (χ2n) is 2.58. The summed E-state index contributed by atoms with van der Waals surface area (Å²) in [6.45, 7) is -5.19. The van der Waals surface area contributed by atoms with E-state index in [2.05, 4.69) is 4.74 Å². The zero-order valence-electron chi connectivity index (χ0n) is 8.03. The van der Waals surface area contributed by atoms with E-state index in [1.54, 1.807) is 0 Å². The average Bonchev–Trinajstić information content (AvgIpc) is 1.99. The molecular weight excluding hydrogens is 278 g/mol. The van der Waals surface area contributed by atoms with Gasteiger partial charge in [0.15, 0.2) is 0 Å². The number of ether oxygens (including phenoxy) is 1. The summed E-state index contributed by atoms with van der Waals surface area (Å²) < 4.78 is 42.0. The predicted octanol–water partition coefficient (Wildman–Crippen LogP) is 0.0604. The normalized spacial score (nSPS) is 10.8. The van der Waals surface area contributed by atoms with Crippen molar-refractivity contribution in [3.63, 3.8) is 0 Å². The Bertz CT molecular complexity index is 359. The number of methoxy groups -OCH3 is 1. The summed E-state index contributed by atoms with van der Waals surface area (Å²) in [4.78, 5) is 0. The van der Waals surface area contributed by atoms with Crippen LogP contribution in [0.25, 0.3) is 0 Å². The number of rotatable bonds is 2. The van der Waals surface area contributed by atoms with Gasteiger partial charge in [-0.15, -0.1) is 0 Å². The van der Waals surface area contributed by atoms with Crippen molar-refractivity contribution in [1.29, 1.82) is 0 Å². The summed E-state index contributed by atoms with van der Waals surface area (Å²) in [5, 5.41) is -0.336. The molecule has 0 saturated carbocycles. The van der Waals surface area contributed by atoms with Gasteiger partial charge in [-0.2, -0.15) is 0 Å². The third-order valence-corrected chi connectivity index (χ3v) is 2.13. The molecule has 0 atom stereocenters. The molecular formula is C7H5BCl2F3KO. The van der Waals surface area contributed by atoms with Crippen molar-refractivity contribution < 1.29 is 69.1 Å². The fourth-order valence-electron chi connectivity index (χ4n) is 1.05. The van der Waals surface area contributed by atoms with Crippen molar-refractivity contribution in [2.45, 2.75) is 0 Å². The molecule has 0 spiro atoms. The molecule has 0 radical (unpaired) electrons. The molecule has 0 fully saturated rings. The molecule has 1 aromatic carbocycles.